The van der Waals surface area contributed by atoms with Crippen LogP contribution in [0.1, 0.15) is 11.3 Å². The molecular weight excluding hydrogens is 563 g/mol. The minimum absolute atomic E-state index is 0.290. The number of aromatic nitrogens is 3. The van der Waals surface area contributed by atoms with E-state index in [1.807, 2.05) is 48.5 Å². The third-order valence-electron chi connectivity index (χ3n) is 7.14. The second kappa shape index (κ2) is 11.6. The standard InChI is InChI=1S/C30H28Cl2N6O3/c1-40-29-22(28-33-11-12-34-28)9-10-23(36-29)20-7-3-5-18(26(20)31)19-6-4-8-21(27(19)32)24-13-35-25(30(37-24)41-2)16-38-14-17(39)15-38/h3-10,13,17,39H,11-12,14-16H2,1-2H3,(H,33,34). The lowest BCUT2D eigenvalue weighted by Gasteiger charge is -2.35. The van der Waals surface area contributed by atoms with Crippen LogP contribution in [0, 0.1) is 0 Å². The fraction of sp³-hybridized carbons (Fsp3) is 0.267. The number of benzene rings is 2. The molecule has 0 unspecified atom stereocenters. The van der Waals surface area contributed by atoms with Gasteiger partial charge in [0, 0.05) is 48.4 Å². The van der Waals surface area contributed by atoms with Crippen molar-refractivity contribution >= 4 is 29.0 Å². The number of nitrogens with zero attached hydrogens (tertiary/aromatic N) is 5. The number of hydrogen-bond acceptors (Lipinski definition) is 9. The van der Waals surface area contributed by atoms with E-state index in [1.54, 1.807) is 20.4 Å². The van der Waals surface area contributed by atoms with Gasteiger partial charge in [0.15, 0.2) is 0 Å². The highest BCUT2D eigenvalue weighted by atomic mass is 35.5. The molecule has 2 aromatic heterocycles. The monoisotopic (exact) mass is 590 g/mol. The number of likely N-dealkylation sites (tertiary alicyclic amines) is 1. The van der Waals surface area contributed by atoms with Gasteiger partial charge in [0.1, 0.15) is 11.5 Å². The molecule has 210 valence electrons. The molecule has 2 aliphatic heterocycles. The molecule has 0 bridgehead atoms. The Labute approximate surface area is 247 Å². The highest BCUT2D eigenvalue weighted by Crippen LogP contribution is 2.42. The summed E-state index contributed by atoms with van der Waals surface area (Å²) in [5.41, 5.74) is 5.73. The van der Waals surface area contributed by atoms with Crippen molar-refractivity contribution in [2.75, 3.05) is 40.4 Å². The van der Waals surface area contributed by atoms with Gasteiger partial charge < -0.3 is 19.9 Å². The second-order valence-corrected chi connectivity index (χ2v) is 10.6. The first kappa shape index (κ1) is 27.4. The van der Waals surface area contributed by atoms with Crippen molar-refractivity contribution in [3.63, 3.8) is 0 Å². The number of rotatable bonds is 8. The summed E-state index contributed by atoms with van der Waals surface area (Å²) in [6.07, 6.45) is 1.40. The highest BCUT2D eigenvalue weighted by Gasteiger charge is 2.26. The Morgan fingerprint density at radius 2 is 1.49 bits per heavy atom. The number of aliphatic imine (C=N–C) groups is 1. The first-order valence-electron chi connectivity index (χ1n) is 13.2. The summed E-state index contributed by atoms with van der Waals surface area (Å²) in [5.74, 6) is 1.67. The Kier molecular flexibility index (Phi) is 7.77. The minimum Gasteiger partial charge on any atom is -0.480 e. The molecule has 0 aliphatic carbocycles. The lowest BCUT2D eigenvalue weighted by Crippen LogP contribution is -2.50. The first-order chi connectivity index (χ1) is 20.0. The van der Waals surface area contributed by atoms with Gasteiger partial charge in [-0.05, 0) is 12.1 Å². The van der Waals surface area contributed by atoms with Crippen LogP contribution in [-0.2, 0) is 6.54 Å². The number of β-amino-alcohol motifs (C(OH)–C–C–N with tert-alkyl or cyclic N) is 1. The Morgan fingerprint density at radius 1 is 0.854 bits per heavy atom. The van der Waals surface area contributed by atoms with Crippen LogP contribution in [0.4, 0.5) is 0 Å². The topological polar surface area (TPSA) is 105 Å². The van der Waals surface area contributed by atoms with Crippen molar-refractivity contribution in [3.8, 4) is 45.4 Å². The molecule has 4 heterocycles. The van der Waals surface area contributed by atoms with Gasteiger partial charge in [-0.3, -0.25) is 14.9 Å². The molecule has 2 N–H and O–H groups in total. The van der Waals surface area contributed by atoms with Gasteiger partial charge in [-0.25, -0.2) is 9.97 Å². The van der Waals surface area contributed by atoms with Gasteiger partial charge in [-0.2, -0.15) is 0 Å². The van der Waals surface area contributed by atoms with Crippen LogP contribution in [0.25, 0.3) is 33.6 Å². The van der Waals surface area contributed by atoms with E-state index in [2.05, 4.69) is 20.2 Å². The van der Waals surface area contributed by atoms with Crippen molar-refractivity contribution in [1.29, 1.82) is 0 Å². The van der Waals surface area contributed by atoms with Crippen LogP contribution in [0.5, 0.6) is 11.8 Å². The van der Waals surface area contributed by atoms with Crippen LogP contribution in [0.2, 0.25) is 10.0 Å². The van der Waals surface area contributed by atoms with Crippen molar-refractivity contribution in [3.05, 3.63) is 76.0 Å². The number of aliphatic hydroxyl groups excluding tert-OH is 1. The Bertz CT molecular complexity index is 1640. The number of pyridine rings is 1. The van der Waals surface area contributed by atoms with E-state index in [9.17, 15) is 5.11 Å². The summed E-state index contributed by atoms with van der Waals surface area (Å²) in [6, 6.07) is 15.3. The number of aliphatic hydroxyl groups is 1. The third-order valence-corrected chi connectivity index (χ3v) is 7.95. The molecule has 1 fully saturated rings. The number of halogens is 2. The van der Waals surface area contributed by atoms with Crippen LogP contribution < -0.4 is 14.8 Å². The average Bonchev–Trinajstić information content (AvgIpc) is 3.52. The maximum atomic E-state index is 9.59. The van der Waals surface area contributed by atoms with Crippen LogP contribution >= 0.6 is 23.2 Å². The van der Waals surface area contributed by atoms with Crippen molar-refractivity contribution in [1.82, 2.24) is 25.2 Å². The molecule has 2 aromatic carbocycles. The first-order valence-corrected chi connectivity index (χ1v) is 13.9. The molecule has 9 nitrogen and oxygen atoms in total. The van der Waals surface area contributed by atoms with Crippen LogP contribution in [-0.4, -0.2) is 77.3 Å². The van der Waals surface area contributed by atoms with E-state index in [4.69, 9.17) is 42.6 Å². The lowest BCUT2D eigenvalue weighted by molar-refractivity contribution is -0.00402. The van der Waals surface area contributed by atoms with Gasteiger partial charge in [-0.1, -0.05) is 59.6 Å². The zero-order valence-electron chi connectivity index (χ0n) is 22.6. The Hall–Kier alpha value is -3.76. The molecule has 0 saturated carbocycles. The number of ether oxygens (including phenoxy) is 2. The summed E-state index contributed by atoms with van der Waals surface area (Å²) >= 11 is 14.0. The molecule has 11 heteroatoms. The van der Waals surface area contributed by atoms with E-state index in [1.165, 1.54) is 0 Å². The Balaban J connectivity index is 1.34. The zero-order valence-corrected chi connectivity index (χ0v) is 24.1. The highest BCUT2D eigenvalue weighted by molar-refractivity contribution is 6.39. The number of nitrogens with one attached hydrogen (secondary N) is 1. The number of hydrogen-bond donors (Lipinski definition) is 2. The summed E-state index contributed by atoms with van der Waals surface area (Å²) in [4.78, 5) is 20.6. The van der Waals surface area contributed by atoms with Crippen molar-refractivity contribution < 1.29 is 14.6 Å². The molecule has 4 aromatic rings. The molecular formula is C30H28Cl2N6O3. The average molecular weight is 591 g/mol. The molecule has 0 atom stereocenters. The van der Waals surface area contributed by atoms with Gasteiger partial charge in [-0.15, -0.1) is 0 Å². The predicted octanol–water partition coefficient (Wildman–Crippen LogP) is 4.72. The van der Waals surface area contributed by atoms with E-state index in [-0.39, 0.29) is 6.10 Å². The molecule has 0 amide bonds. The fourth-order valence-corrected chi connectivity index (χ4v) is 5.71. The Morgan fingerprint density at radius 3 is 2.10 bits per heavy atom. The predicted molar refractivity (Wildman–Crippen MR) is 160 cm³/mol. The maximum Gasteiger partial charge on any atom is 0.237 e. The summed E-state index contributed by atoms with van der Waals surface area (Å²) in [6.45, 7) is 3.28. The quantitative estimate of drug-likeness (QED) is 0.303. The van der Waals surface area contributed by atoms with Crippen molar-refractivity contribution in [2.45, 2.75) is 12.6 Å². The lowest BCUT2D eigenvalue weighted by atomic mass is 9.98. The number of methoxy groups -OCH3 is 2. The van der Waals surface area contributed by atoms with Crippen LogP contribution in [0.15, 0.2) is 59.7 Å². The molecule has 0 radical (unpaired) electrons. The van der Waals surface area contributed by atoms with E-state index >= 15 is 0 Å². The van der Waals surface area contributed by atoms with Crippen molar-refractivity contribution in [2.24, 2.45) is 4.99 Å². The van der Waals surface area contributed by atoms with Gasteiger partial charge >= 0.3 is 0 Å². The largest absolute Gasteiger partial charge is 0.480 e. The summed E-state index contributed by atoms with van der Waals surface area (Å²) in [5, 5.41) is 13.9. The fourth-order valence-electron chi connectivity index (χ4n) is 5.06. The normalized spacial score (nSPS) is 15.3. The van der Waals surface area contributed by atoms with Gasteiger partial charge in [0.05, 0.1) is 60.1 Å². The second-order valence-electron chi connectivity index (χ2n) is 9.80. The van der Waals surface area contributed by atoms with Gasteiger partial charge in [0.2, 0.25) is 11.8 Å². The van der Waals surface area contributed by atoms with E-state index in [0.29, 0.717) is 64.1 Å². The zero-order chi connectivity index (χ0) is 28.5. The molecule has 41 heavy (non-hydrogen) atoms. The van der Waals surface area contributed by atoms with Crippen LogP contribution in [0.3, 0.4) is 0 Å². The summed E-state index contributed by atoms with van der Waals surface area (Å²) < 4.78 is 11.1. The minimum atomic E-state index is -0.290. The third kappa shape index (κ3) is 5.34. The molecule has 1 saturated heterocycles. The van der Waals surface area contributed by atoms with E-state index in [0.717, 1.165) is 41.2 Å². The molecule has 0 spiro atoms. The van der Waals surface area contributed by atoms with Gasteiger partial charge in [0.25, 0.3) is 0 Å². The molecule has 6 rings (SSSR count). The number of amidine groups is 1. The van der Waals surface area contributed by atoms with E-state index < -0.39 is 0 Å². The SMILES string of the molecule is COc1nc(-c2cccc(-c3cccc(-c4cnc(CN5CC(O)C5)c(OC)n4)c3Cl)c2Cl)ccc1C1=NCCN1. The molecule has 2 aliphatic rings. The smallest absolute Gasteiger partial charge is 0.237 e. The maximum absolute atomic E-state index is 9.59. The summed E-state index contributed by atoms with van der Waals surface area (Å²) in [7, 11) is 3.16.